The monoisotopic (exact) mass is 315 g/mol. The molecule has 1 saturated heterocycles. The lowest BCUT2D eigenvalue weighted by Gasteiger charge is -2.31. The number of aromatic nitrogens is 1. The average molecular weight is 315 g/mol. The molecule has 0 radical (unpaired) electrons. The number of likely N-dealkylation sites (tertiary alicyclic amines) is 1. The predicted molar refractivity (Wildman–Crippen MR) is 87.4 cm³/mol. The highest BCUT2D eigenvalue weighted by molar-refractivity contribution is 5.98. The first-order valence-electron chi connectivity index (χ1n) is 7.79. The van der Waals surface area contributed by atoms with Gasteiger partial charge in [0.25, 0.3) is 5.91 Å². The van der Waals surface area contributed by atoms with Gasteiger partial charge in [0.2, 0.25) is 0 Å². The van der Waals surface area contributed by atoms with E-state index >= 15 is 0 Å². The predicted octanol–water partition coefficient (Wildman–Crippen LogP) is 2.47. The number of ether oxygens (including phenoxy) is 1. The van der Waals surface area contributed by atoms with Crippen LogP contribution in [0.2, 0.25) is 0 Å². The zero-order valence-corrected chi connectivity index (χ0v) is 13.4. The van der Waals surface area contributed by atoms with Crippen LogP contribution in [0.3, 0.4) is 0 Å². The van der Waals surface area contributed by atoms with Crippen molar-refractivity contribution in [2.45, 2.75) is 18.9 Å². The molecule has 2 heterocycles. The summed E-state index contributed by atoms with van der Waals surface area (Å²) >= 11 is 0. The van der Waals surface area contributed by atoms with Crippen molar-refractivity contribution < 1.29 is 14.3 Å². The van der Waals surface area contributed by atoms with Gasteiger partial charge < -0.3 is 19.5 Å². The smallest absolute Gasteiger partial charge is 0.409 e. The summed E-state index contributed by atoms with van der Waals surface area (Å²) in [5, 5.41) is 1.03. The fourth-order valence-corrected chi connectivity index (χ4v) is 2.78. The van der Waals surface area contributed by atoms with Crippen LogP contribution in [0.4, 0.5) is 4.79 Å². The van der Waals surface area contributed by atoms with Gasteiger partial charge in [-0.3, -0.25) is 4.79 Å². The summed E-state index contributed by atoms with van der Waals surface area (Å²) in [7, 11) is 3.33. The Hall–Kier alpha value is -2.50. The lowest BCUT2D eigenvalue weighted by Crippen LogP contribution is -2.42. The molecule has 2 amide bonds. The molecule has 1 N–H and O–H groups in total. The normalized spacial score (nSPS) is 15.7. The topological polar surface area (TPSA) is 65.6 Å². The molecule has 2 aromatic rings. The maximum atomic E-state index is 12.6. The van der Waals surface area contributed by atoms with E-state index in [0.717, 1.165) is 10.9 Å². The van der Waals surface area contributed by atoms with E-state index in [0.29, 0.717) is 31.6 Å². The van der Waals surface area contributed by atoms with Crippen LogP contribution < -0.4 is 0 Å². The highest BCUT2D eigenvalue weighted by Crippen LogP contribution is 2.19. The van der Waals surface area contributed by atoms with Crippen molar-refractivity contribution >= 4 is 22.9 Å². The Labute approximate surface area is 135 Å². The highest BCUT2D eigenvalue weighted by atomic mass is 16.6. The number of rotatable bonds is 2. The van der Waals surface area contributed by atoms with E-state index in [1.807, 2.05) is 35.2 Å². The van der Waals surface area contributed by atoms with Crippen LogP contribution in [-0.2, 0) is 4.74 Å². The number of aromatic amines is 1. The Morgan fingerprint density at radius 2 is 1.91 bits per heavy atom. The van der Waals surface area contributed by atoms with Crippen molar-refractivity contribution in [3.05, 3.63) is 36.0 Å². The summed E-state index contributed by atoms with van der Waals surface area (Å²) in [5.74, 6) is -0.00131. The van der Waals surface area contributed by atoms with E-state index in [1.165, 1.54) is 4.90 Å². The third-order valence-electron chi connectivity index (χ3n) is 4.12. The standard InChI is InChI=1S/C17H21N3O3/c1-19(2)17(22)23-13-7-9-20(10-8-13)16(21)15-11-12-5-3-4-6-14(12)18-15/h3-6,11,13,18H,7-10H2,1-2H3. The van der Waals surface area contributed by atoms with E-state index in [-0.39, 0.29) is 18.1 Å². The van der Waals surface area contributed by atoms with Gasteiger partial charge in [-0.05, 0) is 12.1 Å². The number of amides is 2. The fourth-order valence-electron chi connectivity index (χ4n) is 2.78. The van der Waals surface area contributed by atoms with Gasteiger partial charge in [-0.2, -0.15) is 0 Å². The number of hydrogen-bond acceptors (Lipinski definition) is 3. The maximum absolute atomic E-state index is 12.6. The summed E-state index contributed by atoms with van der Waals surface area (Å²) < 4.78 is 5.38. The van der Waals surface area contributed by atoms with Gasteiger partial charge in [0.1, 0.15) is 11.8 Å². The van der Waals surface area contributed by atoms with Crippen molar-refractivity contribution in [1.82, 2.24) is 14.8 Å². The molecular formula is C17H21N3O3. The molecule has 122 valence electrons. The van der Waals surface area contributed by atoms with Crippen molar-refractivity contribution in [2.75, 3.05) is 27.2 Å². The molecule has 0 spiro atoms. The number of hydrogen-bond donors (Lipinski definition) is 1. The molecule has 1 aromatic heterocycles. The first kappa shape index (κ1) is 15.4. The number of carbonyl (C=O) groups is 2. The van der Waals surface area contributed by atoms with Gasteiger partial charge in [-0.1, -0.05) is 18.2 Å². The molecule has 6 heteroatoms. The Morgan fingerprint density at radius 3 is 2.57 bits per heavy atom. The average Bonchev–Trinajstić information content (AvgIpc) is 2.98. The molecule has 0 atom stereocenters. The Balaban J connectivity index is 1.61. The van der Waals surface area contributed by atoms with E-state index in [1.54, 1.807) is 14.1 Å². The summed E-state index contributed by atoms with van der Waals surface area (Å²) in [4.78, 5) is 30.5. The van der Waals surface area contributed by atoms with Crippen LogP contribution in [0.25, 0.3) is 10.9 Å². The summed E-state index contributed by atoms with van der Waals surface area (Å²) in [6, 6.07) is 9.72. The first-order chi connectivity index (χ1) is 11.0. The molecule has 0 unspecified atom stereocenters. The molecule has 1 aliphatic heterocycles. The summed E-state index contributed by atoms with van der Waals surface area (Å²) in [6.07, 6.45) is 0.902. The van der Waals surface area contributed by atoms with Gasteiger partial charge in [-0.15, -0.1) is 0 Å². The van der Waals surface area contributed by atoms with Crippen LogP contribution in [0, 0.1) is 0 Å². The van der Waals surface area contributed by atoms with Crippen LogP contribution >= 0.6 is 0 Å². The highest BCUT2D eigenvalue weighted by Gasteiger charge is 2.26. The second kappa shape index (κ2) is 6.32. The number of piperidine rings is 1. The van der Waals surface area contributed by atoms with Crippen LogP contribution in [-0.4, -0.2) is 60.1 Å². The number of nitrogens with one attached hydrogen (secondary N) is 1. The summed E-state index contributed by atoms with van der Waals surface area (Å²) in [5.41, 5.74) is 1.57. The quantitative estimate of drug-likeness (QED) is 0.926. The number of carbonyl (C=O) groups excluding carboxylic acids is 2. The number of para-hydroxylation sites is 1. The molecule has 0 aliphatic carbocycles. The second-order valence-electron chi connectivity index (χ2n) is 6.04. The molecule has 6 nitrogen and oxygen atoms in total. The minimum atomic E-state index is -0.328. The van der Waals surface area contributed by atoms with Gasteiger partial charge in [0.15, 0.2) is 0 Å². The largest absolute Gasteiger partial charge is 0.446 e. The van der Waals surface area contributed by atoms with E-state index < -0.39 is 0 Å². The lowest BCUT2D eigenvalue weighted by molar-refractivity contribution is 0.0325. The molecule has 1 fully saturated rings. The summed E-state index contributed by atoms with van der Waals surface area (Å²) in [6.45, 7) is 1.19. The number of nitrogens with zero attached hydrogens (tertiary/aromatic N) is 2. The van der Waals surface area contributed by atoms with E-state index in [9.17, 15) is 9.59 Å². The number of fused-ring (bicyclic) bond motifs is 1. The second-order valence-corrected chi connectivity index (χ2v) is 6.04. The van der Waals surface area contributed by atoms with Gasteiger partial charge in [0, 0.05) is 50.9 Å². The van der Waals surface area contributed by atoms with Crippen LogP contribution in [0.5, 0.6) is 0 Å². The Kier molecular flexibility index (Phi) is 4.23. The van der Waals surface area contributed by atoms with E-state index in [4.69, 9.17) is 4.74 Å². The van der Waals surface area contributed by atoms with Crippen molar-refractivity contribution in [1.29, 1.82) is 0 Å². The lowest BCUT2D eigenvalue weighted by atomic mass is 10.1. The third kappa shape index (κ3) is 3.31. The molecule has 23 heavy (non-hydrogen) atoms. The van der Waals surface area contributed by atoms with Gasteiger partial charge in [0.05, 0.1) is 0 Å². The maximum Gasteiger partial charge on any atom is 0.409 e. The first-order valence-corrected chi connectivity index (χ1v) is 7.79. The Bertz CT molecular complexity index is 682. The van der Waals surface area contributed by atoms with Gasteiger partial charge >= 0.3 is 6.09 Å². The number of H-pyrrole nitrogens is 1. The Morgan fingerprint density at radius 1 is 1.22 bits per heavy atom. The van der Waals surface area contributed by atoms with Crippen LogP contribution in [0.15, 0.2) is 30.3 Å². The molecule has 1 aromatic carbocycles. The zero-order valence-electron chi connectivity index (χ0n) is 13.4. The zero-order chi connectivity index (χ0) is 16.4. The molecular weight excluding hydrogens is 294 g/mol. The molecule has 1 aliphatic rings. The van der Waals surface area contributed by atoms with Gasteiger partial charge in [-0.25, -0.2) is 4.79 Å². The fraction of sp³-hybridized carbons (Fsp3) is 0.412. The van der Waals surface area contributed by atoms with E-state index in [2.05, 4.69) is 4.98 Å². The molecule has 3 rings (SSSR count). The SMILES string of the molecule is CN(C)C(=O)OC1CCN(C(=O)c2cc3ccccc3[nH]2)CC1. The van der Waals surface area contributed by atoms with Crippen molar-refractivity contribution in [2.24, 2.45) is 0 Å². The third-order valence-corrected chi connectivity index (χ3v) is 4.12. The molecule has 0 saturated carbocycles. The van der Waals surface area contributed by atoms with Crippen molar-refractivity contribution in [3.63, 3.8) is 0 Å². The number of benzene rings is 1. The minimum Gasteiger partial charge on any atom is -0.446 e. The molecule has 0 bridgehead atoms. The minimum absolute atomic E-state index is 0.00131. The van der Waals surface area contributed by atoms with Crippen molar-refractivity contribution in [3.8, 4) is 0 Å². The van der Waals surface area contributed by atoms with Crippen LogP contribution in [0.1, 0.15) is 23.3 Å².